The van der Waals surface area contributed by atoms with Crippen molar-refractivity contribution in [3.8, 4) is 11.5 Å². The highest BCUT2D eigenvalue weighted by molar-refractivity contribution is 7.92. The van der Waals surface area contributed by atoms with Gasteiger partial charge in [0, 0.05) is 18.7 Å². The molecule has 36 heavy (non-hydrogen) atoms. The Labute approximate surface area is 213 Å². The van der Waals surface area contributed by atoms with Gasteiger partial charge in [-0.2, -0.15) is 0 Å². The molecule has 1 N–H and O–H groups in total. The van der Waals surface area contributed by atoms with Gasteiger partial charge in [-0.25, -0.2) is 8.42 Å². The number of anilines is 1. The zero-order valence-electron chi connectivity index (χ0n) is 21.3. The van der Waals surface area contributed by atoms with Crippen LogP contribution in [0.4, 0.5) is 5.69 Å². The Morgan fingerprint density at radius 2 is 1.72 bits per heavy atom. The summed E-state index contributed by atoms with van der Waals surface area (Å²) >= 11 is 0. The summed E-state index contributed by atoms with van der Waals surface area (Å²) in [5, 5.41) is 2.96. The normalized spacial score (nSPS) is 14.1. The monoisotopic (exact) mass is 517 g/mol. The second-order valence-electron chi connectivity index (χ2n) is 8.87. The van der Waals surface area contributed by atoms with E-state index in [4.69, 9.17) is 9.47 Å². The van der Waals surface area contributed by atoms with E-state index in [0.29, 0.717) is 24.3 Å². The first-order valence-corrected chi connectivity index (χ1v) is 14.0. The molecule has 0 radical (unpaired) electrons. The number of amides is 2. The van der Waals surface area contributed by atoms with Crippen LogP contribution in [0.1, 0.15) is 39.2 Å². The van der Waals surface area contributed by atoms with Gasteiger partial charge in [0.25, 0.3) is 0 Å². The first-order chi connectivity index (χ1) is 17.1. The van der Waals surface area contributed by atoms with E-state index in [0.717, 1.165) is 22.5 Å². The van der Waals surface area contributed by atoms with E-state index >= 15 is 0 Å². The van der Waals surface area contributed by atoms with Crippen LogP contribution < -0.4 is 19.1 Å². The molecule has 196 valence electrons. The molecule has 3 rings (SSSR count). The van der Waals surface area contributed by atoms with E-state index in [2.05, 4.69) is 5.32 Å². The minimum Gasteiger partial charge on any atom is -0.454 e. The molecule has 0 aliphatic carbocycles. The van der Waals surface area contributed by atoms with Gasteiger partial charge in [0.2, 0.25) is 28.6 Å². The number of carbonyl (C=O) groups excluding carboxylic acids is 2. The lowest BCUT2D eigenvalue weighted by atomic mass is 10.1. The van der Waals surface area contributed by atoms with E-state index in [9.17, 15) is 18.0 Å². The summed E-state index contributed by atoms with van der Waals surface area (Å²) in [5.41, 5.74) is 1.30. The second kappa shape index (κ2) is 12.1. The number of hydrogen-bond donors (Lipinski definition) is 1. The van der Waals surface area contributed by atoms with E-state index in [-0.39, 0.29) is 31.0 Å². The van der Waals surface area contributed by atoms with Crippen LogP contribution in [0, 0.1) is 0 Å². The number of carbonyl (C=O) groups is 2. The van der Waals surface area contributed by atoms with Gasteiger partial charge in [-0.1, -0.05) is 44.2 Å². The van der Waals surface area contributed by atoms with Crippen molar-refractivity contribution in [2.45, 2.75) is 52.1 Å². The first-order valence-electron chi connectivity index (χ1n) is 12.1. The number of benzene rings is 2. The molecule has 0 aromatic heterocycles. The van der Waals surface area contributed by atoms with Gasteiger partial charge >= 0.3 is 0 Å². The van der Waals surface area contributed by atoms with Gasteiger partial charge in [-0.05, 0) is 43.9 Å². The summed E-state index contributed by atoms with van der Waals surface area (Å²) in [7, 11) is -3.82. The third-order valence-corrected chi connectivity index (χ3v) is 7.34. The summed E-state index contributed by atoms with van der Waals surface area (Å²) in [6.07, 6.45) is 2.73. The van der Waals surface area contributed by atoms with E-state index in [1.165, 1.54) is 11.0 Å². The third-order valence-electron chi connectivity index (χ3n) is 6.19. The average molecular weight is 518 g/mol. The minimum absolute atomic E-state index is 0.0428. The Morgan fingerprint density at radius 3 is 2.36 bits per heavy atom. The highest BCUT2D eigenvalue weighted by Crippen LogP contribution is 2.36. The fourth-order valence-electron chi connectivity index (χ4n) is 3.99. The first kappa shape index (κ1) is 27.3. The zero-order valence-corrected chi connectivity index (χ0v) is 22.1. The Bertz CT molecular complexity index is 1160. The SMILES string of the molecule is CC[C@@H](C)NC(=O)[C@H](CC)N(CCc1ccccc1)C(=O)CN(c1ccc2c(c1)OCO2)S(C)(=O)=O. The lowest BCUT2D eigenvalue weighted by Gasteiger charge is -2.33. The maximum absolute atomic E-state index is 13.7. The molecule has 0 bridgehead atoms. The number of rotatable bonds is 12. The van der Waals surface area contributed by atoms with Crippen molar-refractivity contribution in [1.82, 2.24) is 10.2 Å². The van der Waals surface area contributed by atoms with Crippen molar-refractivity contribution in [2.75, 3.05) is 30.4 Å². The van der Waals surface area contributed by atoms with Crippen LogP contribution in [0.2, 0.25) is 0 Å². The molecule has 10 heteroatoms. The van der Waals surface area contributed by atoms with E-state index in [1.54, 1.807) is 12.1 Å². The van der Waals surface area contributed by atoms with Crippen LogP contribution in [0.5, 0.6) is 11.5 Å². The molecule has 2 atom stereocenters. The molecule has 2 aromatic carbocycles. The Kier molecular flexibility index (Phi) is 9.19. The largest absolute Gasteiger partial charge is 0.454 e. The fraction of sp³-hybridized carbons (Fsp3) is 0.462. The molecule has 1 heterocycles. The van der Waals surface area contributed by atoms with Gasteiger partial charge in [0.15, 0.2) is 11.5 Å². The van der Waals surface area contributed by atoms with Crippen molar-refractivity contribution in [3.05, 3.63) is 54.1 Å². The number of ether oxygens (including phenoxy) is 2. The smallest absolute Gasteiger partial charge is 0.244 e. The summed E-state index contributed by atoms with van der Waals surface area (Å²) in [4.78, 5) is 28.3. The number of sulfonamides is 1. The summed E-state index contributed by atoms with van der Waals surface area (Å²) in [5.74, 6) is 0.215. The van der Waals surface area contributed by atoms with Gasteiger partial charge in [0.05, 0.1) is 11.9 Å². The van der Waals surface area contributed by atoms with Gasteiger partial charge < -0.3 is 19.7 Å². The van der Waals surface area contributed by atoms with E-state index in [1.807, 2.05) is 51.1 Å². The predicted molar refractivity (Wildman–Crippen MR) is 139 cm³/mol. The number of fused-ring (bicyclic) bond motifs is 1. The lowest BCUT2D eigenvalue weighted by Crippen LogP contribution is -2.54. The maximum atomic E-state index is 13.7. The molecular formula is C26H35N3O6S. The summed E-state index contributed by atoms with van der Waals surface area (Å²) < 4.78 is 37.2. The zero-order chi connectivity index (χ0) is 26.3. The second-order valence-corrected chi connectivity index (χ2v) is 10.8. The number of hydrogen-bond acceptors (Lipinski definition) is 6. The molecule has 2 amide bonds. The maximum Gasteiger partial charge on any atom is 0.244 e. The minimum atomic E-state index is -3.82. The summed E-state index contributed by atoms with van der Waals surface area (Å²) in [6, 6.07) is 13.6. The lowest BCUT2D eigenvalue weighted by molar-refractivity contribution is -0.139. The van der Waals surface area contributed by atoms with Crippen LogP contribution in [0.25, 0.3) is 0 Å². The Balaban J connectivity index is 1.89. The van der Waals surface area contributed by atoms with Crippen molar-refractivity contribution in [3.63, 3.8) is 0 Å². The molecule has 1 aliphatic rings. The highest BCUT2D eigenvalue weighted by Gasteiger charge is 2.32. The molecular weight excluding hydrogens is 482 g/mol. The Hall–Kier alpha value is -3.27. The molecule has 0 unspecified atom stereocenters. The van der Waals surface area contributed by atoms with Gasteiger partial charge in [0.1, 0.15) is 12.6 Å². The van der Waals surface area contributed by atoms with Crippen LogP contribution in [0.15, 0.2) is 48.5 Å². The van der Waals surface area contributed by atoms with Crippen LogP contribution in [0.3, 0.4) is 0 Å². The molecule has 0 fully saturated rings. The third kappa shape index (κ3) is 6.90. The molecule has 0 saturated carbocycles. The summed E-state index contributed by atoms with van der Waals surface area (Å²) in [6.45, 7) is 5.60. The average Bonchev–Trinajstić information content (AvgIpc) is 3.32. The quantitative estimate of drug-likeness (QED) is 0.464. The standard InChI is InChI=1S/C26H35N3O6S/c1-5-19(3)27-26(31)22(6-2)28(15-14-20-10-8-7-9-11-20)25(30)17-29(36(4,32)33)21-12-13-23-24(16-21)35-18-34-23/h7-13,16,19,22H,5-6,14-15,17-18H2,1-4H3,(H,27,31)/t19-,22+/m1/s1. The highest BCUT2D eigenvalue weighted by atomic mass is 32.2. The van der Waals surface area contributed by atoms with Crippen LogP contribution in [-0.4, -0.2) is 63.4 Å². The topological polar surface area (TPSA) is 105 Å². The van der Waals surface area contributed by atoms with Crippen molar-refractivity contribution >= 4 is 27.5 Å². The van der Waals surface area contributed by atoms with Gasteiger partial charge in [-0.3, -0.25) is 13.9 Å². The van der Waals surface area contributed by atoms with Gasteiger partial charge in [-0.15, -0.1) is 0 Å². The van der Waals surface area contributed by atoms with E-state index < -0.39 is 28.5 Å². The van der Waals surface area contributed by atoms with Crippen LogP contribution in [-0.2, 0) is 26.0 Å². The molecule has 2 aromatic rings. The van der Waals surface area contributed by atoms with Crippen molar-refractivity contribution in [2.24, 2.45) is 0 Å². The molecule has 1 aliphatic heterocycles. The Morgan fingerprint density at radius 1 is 1.03 bits per heavy atom. The van der Waals surface area contributed by atoms with Crippen LogP contribution >= 0.6 is 0 Å². The predicted octanol–water partition coefficient (Wildman–Crippen LogP) is 2.95. The fourth-order valence-corrected chi connectivity index (χ4v) is 4.83. The number of nitrogens with zero attached hydrogens (tertiary/aromatic N) is 2. The van der Waals surface area contributed by atoms with Crippen molar-refractivity contribution < 1.29 is 27.5 Å². The molecule has 9 nitrogen and oxygen atoms in total. The molecule has 0 spiro atoms. The number of nitrogens with one attached hydrogen (secondary N) is 1. The van der Waals surface area contributed by atoms with Crippen molar-refractivity contribution in [1.29, 1.82) is 0 Å². The molecule has 0 saturated heterocycles.